The lowest BCUT2D eigenvalue weighted by atomic mass is 10.00. The van der Waals surface area contributed by atoms with Crippen molar-refractivity contribution in [3.8, 4) is 11.1 Å². The highest BCUT2D eigenvalue weighted by molar-refractivity contribution is 5.73. The summed E-state index contributed by atoms with van der Waals surface area (Å²) < 4.78 is 0. The zero-order chi connectivity index (χ0) is 12.1. The largest absolute Gasteiger partial charge is 0.352 e. The summed E-state index contributed by atoms with van der Waals surface area (Å²) in [6, 6.07) is 17.5. The van der Waals surface area contributed by atoms with E-state index in [1.807, 2.05) is 54.6 Å². The standard InChI is InChI=1S/C14H14N2O/c15-14(17)16-10-12-8-4-5-9-13(12)11-6-2-1-3-7-11/h1-9H,10H2,(H3,15,16,17). The molecule has 2 rings (SSSR count). The number of carbonyl (C=O) groups excluding carboxylic acids is 1. The first-order valence-corrected chi connectivity index (χ1v) is 5.44. The predicted molar refractivity (Wildman–Crippen MR) is 68.3 cm³/mol. The molecule has 0 unspecified atom stereocenters. The van der Waals surface area contributed by atoms with Crippen LogP contribution in [0.5, 0.6) is 0 Å². The van der Waals surface area contributed by atoms with Gasteiger partial charge in [0.1, 0.15) is 0 Å². The molecule has 0 heterocycles. The molecule has 0 spiro atoms. The highest BCUT2D eigenvalue weighted by Gasteiger charge is 2.04. The van der Waals surface area contributed by atoms with Gasteiger partial charge in [0.25, 0.3) is 0 Å². The van der Waals surface area contributed by atoms with Gasteiger partial charge in [0.05, 0.1) is 0 Å². The lowest BCUT2D eigenvalue weighted by Gasteiger charge is -2.09. The van der Waals surface area contributed by atoms with Crippen LogP contribution in [0.2, 0.25) is 0 Å². The Morgan fingerprint density at radius 2 is 1.65 bits per heavy atom. The number of rotatable bonds is 3. The number of hydrogen-bond acceptors (Lipinski definition) is 1. The highest BCUT2D eigenvalue weighted by atomic mass is 16.2. The van der Waals surface area contributed by atoms with Gasteiger partial charge in [-0.1, -0.05) is 54.6 Å². The van der Waals surface area contributed by atoms with Gasteiger partial charge in [0, 0.05) is 6.54 Å². The molecule has 2 aromatic carbocycles. The normalized spacial score (nSPS) is 9.88. The SMILES string of the molecule is NC(=O)NCc1ccccc1-c1ccccc1. The minimum Gasteiger partial charge on any atom is -0.352 e. The van der Waals surface area contributed by atoms with E-state index >= 15 is 0 Å². The molecule has 0 fully saturated rings. The number of benzene rings is 2. The van der Waals surface area contributed by atoms with Crippen LogP contribution < -0.4 is 11.1 Å². The molecule has 0 saturated heterocycles. The topological polar surface area (TPSA) is 55.1 Å². The van der Waals surface area contributed by atoms with Crippen LogP contribution in [-0.2, 0) is 6.54 Å². The van der Waals surface area contributed by atoms with Crippen molar-refractivity contribution in [1.29, 1.82) is 0 Å². The first-order chi connectivity index (χ1) is 8.27. The van der Waals surface area contributed by atoms with Crippen molar-refractivity contribution in [3.63, 3.8) is 0 Å². The summed E-state index contributed by atoms with van der Waals surface area (Å²) in [5.74, 6) is 0. The predicted octanol–water partition coefficient (Wildman–Crippen LogP) is 2.52. The molecule has 0 aliphatic carbocycles. The number of amides is 2. The molecule has 0 saturated carbocycles. The molecule has 2 amide bonds. The lowest BCUT2D eigenvalue weighted by molar-refractivity contribution is 0.248. The Labute approximate surface area is 100 Å². The Bertz CT molecular complexity index is 509. The van der Waals surface area contributed by atoms with Gasteiger partial charge in [-0.05, 0) is 16.7 Å². The quantitative estimate of drug-likeness (QED) is 0.830. The third-order valence-electron chi connectivity index (χ3n) is 2.56. The first-order valence-electron chi connectivity index (χ1n) is 5.44. The maximum atomic E-state index is 10.7. The molecule has 3 nitrogen and oxygen atoms in total. The molecule has 86 valence electrons. The monoisotopic (exact) mass is 226 g/mol. The number of hydrogen-bond donors (Lipinski definition) is 2. The molecule has 0 radical (unpaired) electrons. The zero-order valence-corrected chi connectivity index (χ0v) is 9.39. The van der Waals surface area contributed by atoms with Crippen molar-refractivity contribution in [2.75, 3.05) is 0 Å². The van der Waals surface area contributed by atoms with Crippen LogP contribution in [0.15, 0.2) is 54.6 Å². The van der Waals surface area contributed by atoms with Gasteiger partial charge in [-0.25, -0.2) is 4.79 Å². The minimum atomic E-state index is -0.507. The van der Waals surface area contributed by atoms with Crippen molar-refractivity contribution in [2.24, 2.45) is 5.73 Å². The summed E-state index contributed by atoms with van der Waals surface area (Å²) in [6.45, 7) is 0.445. The van der Waals surface area contributed by atoms with Gasteiger partial charge in [-0.2, -0.15) is 0 Å². The Morgan fingerprint density at radius 3 is 2.35 bits per heavy atom. The fraction of sp³-hybridized carbons (Fsp3) is 0.0714. The average Bonchev–Trinajstić information content (AvgIpc) is 2.38. The summed E-state index contributed by atoms with van der Waals surface area (Å²) in [4.78, 5) is 10.7. The van der Waals surface area contributed by atoms with Crippen molar-refractivity contribution in [1.82, 2.24) is 5.32 Å². The second-order valence-corrected chi connectivity index (χ2v) is 3.74. The molecular weight excluding hydrogens is 212 g/mol. The van der Waals surface area contributed by atoms with Gasteiger partial charge < -0.3 is 11.1 Å². The van der Waals surface area contributed by atoms with Gasteiger partial charge in [0.15, 0.2) is 0 Å². The van der Waals surface area contributed by atoms with E-state index in [1.165, 1.54) is 0 Å². The summed E-state index contributed by atoms with van der Waals surface area (Å²) in [6.07, 6.45) is 0. The molecule has 3 heteroatoms. The van der Waals surface area contributed by atoms with E-state index in [2.05, 4.69) is 5.32 Å². The Kier molecular flexibility index (Phi) is 3.40. The number of primary amides is 1. The van der Waals surface area contributed by atoms with Crippen molar-refractivity contribution < 1.29 is 4.79 Å². The molecular formula is C14H14N2O. The second kappa shape index (κ2) is 5.16. The average molecular weight is 226 g/mol. The van der Waals surface area contributed by atoms with Crippen LogP contribution in [0.3, 0.4) is 0 Å². The number of nitrogens with one attached hydrogen (secondary N) is 1. The van der Waals surface area contributed by atoms with E-state index in [-0.39, 0.29) is 0 Å². The summed E-state index contributed by atoms with van der Waals surface area (Å²) in [7, 11) is 0. The van der Waals surface area contributed by atoms with Gasteiger partial charge in [-0.3, -0.25) is 0 Å². The molecule has 0 aliphatic heterocycles. The van der Waals surface area contributed by atoms with Crippen LogP contribution in [0.4, 0.5) is 4.79 Å². The first kappa shape index (κ1) is 11.2. The Hall–Kier alpha value is -2.29. The zero-order valence-electron chi connectivity index (χ0n) is 9.39. The molecule has 2 aromatic rings. The van der Waals surface area contributed by atoms with Crippen LogP contribution in [-0.4, -0.2) is 6.03 Å². The molecule has 17 heavy (non-hydrogen) atoms. The van der Waals surface area contributed by atoms with Crippen molar-refractivity contribution >= 4 is 6.03 Å². The second-order valence-electron chi connectivity index (χ2n) is 3.74. The van der Waals surface area contributed by atoms with Crippen LogP contribution >= 0.6 is 0 Å². The van der Waals surface area contributed by atoms with Gasteiger partial charge in [0.2, 0.25) is 0 Å². The smallest absolute Gasteiger partial charge is 0.312 e. The van der Waals surface area contributed by atoms with E-state index in [0.717, 1.165) is 16.7 Å². The van der Waals surface area contributed by atoms with E-state index in [1.54, 1.807) is 0 Å². The number of urea groups is 1. The van der Waals surface area contributed by atoms with Crippen molar-refractivity contribution in [2.45, 2.75) is 6.54 Å². The Morgan fingerprint density at radius 1 is 1.00 bits per heavy atom. The third kappa shape index (κ3) is 2.84. The summed E-state index contributed by atoms with van der Waals surface area (Å²) in [5, 5.41) is 2.61. The maximum Gasteiger partial charge on any atom is 0.312 e. The third-order valence-corrected chi connectivity index (χ3v) is 2.56. The molecule has 0 aromatic heterocycles. The number of carbonyl (C=O) groups is 1. The fourth-order valence-corrected chi connectivity index (χ4v) is 1.76. The van der Waals surface area contributed by atoms with Crippen LogP contribution in [0.25, 0.3) is 11.1 Å². The van der Waals surface area contributed by atoms with E-state index in [9.17, 15) is 4.79 Å². The van der Waals surface area contributed by atoms with E-state index in [0.29, 0.717) is 6.54 Å². The van der Waals surface area contributed by atoms with Gasteiger partial charge >= 0.3 is 6.03 Å². The molecule has 0 aliphatic rings. The molecule has 0 atom stereocenters. The highest BCUT2D eigenvalue weighted by Crippen LogP contribution is 2.22. The fourth-order valence-electron chi connectivity index (χ4n) is 1.76. The van der Waals surface area contributed by atoms with Crippen LogP contribution in [0.1, 0.15) is 5.56 Å². The Balaban J connectivity index is 2.31. The van der Waals surface area contributed by atoms with E-state index < -0.39 is 6.03 Å². The van der Waals surface area contributed by atoms with Gasteiger partial charge in [-0.15, -0.1) is 0 Å². The minimum absolute atomic E-state index is 0.445. The molecule has 3 N–H and O–H groups in total. The summed E-state index contributed by atoms with van der Waals surface area (Å²) in [5.41, 5.74) is 8.38. The van der Waals surface area contributed by atoms with Crippen molar-refractivity contribution in [3.05, 3.63) is 60.2 Å². The van der Waals surface area contributed by atoms with Crippen LogP contribution in [0, 0.1) is 0 Å². The molecule has 0 bridgehead atoms. The maximum absolute atomic E-state index is 10.7. The number of nitrogens with two attached hydrogens (primary N) is 1. The summed E-state index contributed by atoms with van der Waals surface area (Å²) >= 11 is 0. The lowest BCUT2D eigenvalue weighted by Crippen LogP contribution is -2.28. The van der Waals surface area contributed by atoms with E-state index in [4.69, 9.17) is 5.73 Å².